The fraction of sp³-hybridized carbons (Fsp3) is 1.00. The molecule has 0 aromatic rings. The standard InChI is InChI=1S/C10H21NO/c1-8(2)5-6-10(4)11-9(3)7-12-10/h8-9,11H,5-7H2,1-4H3/t9-,10?/m1/s1. The zero-order valence-corrected chi connectivity index (χ0v) is 8.68. The molecule has 0 spiro atoms. The van der Waals surface area contributed by atoms with Crippen LogP contribution in [-0.2, 0) is 4.74 Å². The fourth-order valence-electron chi connectivity index (χ4n) is 1.62. The zero-order chi connectivity index (χ0) is 9.19. The lowest BCUT2D eigenvalue weighted by atomic mass is 10.0. The molecule has 2 atom stereocenters. The molecule has 1 aliphatic heterocycles. The summed E-state index contributed by atoms with van der Waals surface area (Å²) in [7, 11) is 0. The van der Waals surface area contributed by atoms with Crippen LogP contribution in [0.3, 0.4) is 0 Å². The van der Waals surface area contributed by atoms with Gasteiger partial charge in [0, 0.05) is 6.04 Å². The molecule has 1 heterocycles. The predicted molar refractivity (Wildman–Crippen MR) is 51.0 cm³/mol. The minimum Gasteiger partial charge on any atom is -0.359 e. The number of hydrogen-bond donors (Lipinski definition) is 1. The third-order valence-corrected chi connectivity index (χ3v) is 2.40. The smallest absolute Gasteiger partial charge is 0.116 e. The molecule has 0 bridgehead atoms. The second-order valence-electron chi connectivity index (χ2n) is 4.52. The van der Waals surface area contributed by atoms with Gasteiger partial charge in [0.05, 0.1) is 6.61 Å². The van der Waals surface area contributed by atoms with E-state index < -0.39 is 0 Å². The van der Waals surface area contributed by atoms with E-state index in [4.69, 9.17) is 4.74 Å². The van der Waals surface area contributed by atoms with Crippen molar-refractivity contribution in [1.29, 1.82) is 0 Å². The molecular weight excluding hydrogens is 150 g/mol. The minimum atomic E-state index is -0.0519. The Bertz CT molecular complexity index is 147. The molecule has 1 aliphatic rings. The molecule has 0 aromatic heterocycles. The van der Waals surface area contributed by atoms with Gasteiger partial charge in [-0.25, -0.2) is 0 Å². The first kappa shape index (κ1) is 10.0. The minimum absolute atomic E-state index is 0.0519. The third kappa shape index (κ3) is 2.76. The Morgan fingerprint density at radius 3 is 2.67 bits per heavy atom. The zero-order valence-electron chi connectivity index (χ0n) is 8.68. The van der Waals surface area contributed by atoms with Crippen LogP contribution in [0.5, 0.6) is 0 Å². The van der Waals surface area contributed by atoms with Crippen molar-refractivity contribution in [3.8, 4) is 0 Å². The first-order valence-corrected chi connectivity index (χ1v) is 4.93. The van der Waals surface area contributed by atoms with E-state index in [1.165, 1.54) is 6.42 Å². The molecule has 72 valence electrons. The summed E-state index contributed by atoms with van der Waals surface area (Å²) >= 11 is 0. The lowest BCUT2D eigenvalue weighted by Crippen LogP contribution is -2.40. The maximum Gasteiger partial charge on any atom is 0.116 e. The van der Waals surface area contributed by atoms with Gasteiger partial charge in [-0.1, -0.05) is 13.8 Å². The highest BCUT2D eigenvalue weighted by molar-refractivity contribution is 4.82. The Kier molecular flexibility index (Phi) is 3.13. The van der Waals surface area contributed by atoms with Gasteiger partial charge in [-0.05, 0) is 32.6 Å². The van der Waals surface area contributed by atoms with Crippen LogP contribution in [-0.4, -0.2) is 18.4 Å². The SMILES string of the molecule is CC(C)CCC1(C)N[C@H](C)CO1. The van der Waals surface area contributed by atoms with Gasteiger partial charge in [-0.2, -0.15) is 0 Å². The average Bonchev–Trinajstić information content (AvgIpc) is 2.29. The Labute approximate surface area is 75.7 Å². The third-order valence-electron chi connectivity index (χ3n) is 2.40. The lowest BCUT2D eigenvalue weighted by Gasteiger charge is -2.24. The predicted octanol–water partition coefficient (Wildman–Crippen LogP) is 2.15. The maximum absolute atomic E-state index is 5.69. The van der Waals surface area contributed by atoms with Crippen molar-refractivity contribution in [3.05, 3.63) is 0 Å². The molecule has 1 rings (SSSR count). The molecule has 0 aliphatic carbocycles. The second-order valence-corrected chi connectivity index (χ2v) is 4.52. The van der Waals surface area contributed by atoms with Crippen molar-refractivity contribution in [2.24, 2.45) is 5.92 Å². The molecule has 1 fully saturated rings. The summed E-state index contributed by atoms with van der Waals surface area (Å²) in [4.78, 5) is 0. The van der Waals surface area contributed by atoms with E-state index in [1.54, 1.807) is 0 Å². The van der Waals surface area contributed by atoms with Crippen LogP contribution in [0.15, 0.2) is 0 Å². The molecule has 2 heteroatoms. The van der Waals surface area contributed by atoms with E-state index in [0.717, 1.165) is 18.9 Å². The van der Waals surface area contributed by atoms with Crippen LogP contribution in [0.4, 0.5) is 0 Å². The lowest BCUT2D eigenvalue weighted by molar-refractivity contribution is -0.00451. The highest BCUT2D eigenvalue weighted by Crippen LogP contribution is 2.22. The van der Waals surface area contributed by atoms with Crippen molar-refractivity contribution < 1.29 is 4.74 Å². The van der Waals surface area contributed by atoms with Gasteiger partial charge >= 0.3 is 0 Å². The highest BCUT2D eigenvalue weighted by Gasteiger charge is 2.32. The number of hydrogen-bond acceptors (Lipinski definition) is 2. The monoisotopic (exact) mass is 171 g/mol. The topological polar surface area (TPSA) is 21.3 Å². The number of nitrogens with one attached hydrogen (secondary N) is 1. The summed E-state index contributed by atoms with van der Waals surface area (Å²) in [6.45, 7) is 9.68. The van der Waals surface area contributed by atoms with Crippen LogP contribution >= 0.6 is 0 Å². The van der Waals surface area contributed by atoms with Crippen molar-refractivity contribution in [3.63, 3.8) is 0 Å². The van der Waals surface area contributed by atoms with E-state index in [2.05, 4.69) is 33.0 Å². The van der Waals surface area contributed by atoms with E-state index in [9.17, 15) is 0 Å². The molecule has 1 N–H and O–H groups in total. The fourth-order valence-corrected chi connectivity index (χ4v) is 1.62. The van der Waals surface area contributed by atoms with Crippen LogP contribution in [0.1, 0.15) is 40.5 Å². The van der Waals surface area contributed by atoms with Crippen molar-refractivity contribution in [2.75, 3.05) is 6.61 Å². The summed E-state index contributed by atoms with van der Waals surface area (Å²) in [5, 5.41) is 3.46. The van der Waals surface area contributed by atoms with Crippen LogP contribution in [0, 0.1) is 5.92 Å². The van der Waals surface area contributed by atoms with Crippen molar-refractivity contribution >= 4 is 0 Å². The molecule has 0 saturated carbocycles. The largest absolute Gasteiger partial charge is 0.359 e. The maximum atomic E-state index is 5.69. The summed E-state index contributed by atoms with van der Waals surface area (Å²) in [6.07, 6.45) is 2.35. The molecule has 2 nitrogen and oxygen atoms in total. The Hall–Kier alpha value is -0.0800. The molecule has 1 saturated heterocycles. The van der Waals surface area contributed by atoms with Gasteiger partial charge in [0.15, 0.2) is 0 Å². The van der Waals surface area contributed by atoms with Gasteiger partial charge in [-0.15, -0.1) is 0 Å². The molecule has 0 radical (unpaired) electrons. The van der Waals surface area contributed by atoms with Gasteiger partial charge in [0.25, 0.3) is 0 Å². The summed E-state index contributed by atoms with van der Waals surface area (Å²) < 4.78 is 5.69. The highest BCUT2D eigenvalue weighted by atomic mass is 16.5. The molecule has 0 aromatic carbocycles. The summed E-state index contributed by atoms with van der Waals surface area (Å²) in [6, 6.07) is 0.516. The Balaban J connectivity index is 2.30. The van der Waals surface area contributed by atoms with E-state index in [-0.39, 0.29) is 5.72 Å². The molecule has 0 amide bonds. The van der Waals surface area contributed by atoms with E-state index in [0.29, 0.717) is 6.04 Å². The molecule has 12 heavy (non-hydrogen) atoms. The van der Waals surface area contributed by atoms with E-state index >= 15 is 0 Å². The molecule has 1 unspecified atom stereocenters. The first-order chi connectivity index (χ1) is 5.52. The summed E-state index contributed by atoms with van der Waals surface area (Å²) in [5.41, 5.74) is -0.0519. The average molecular weight is 171 g/mol. The van der Waals surface area contributed by atoms with Gasteiger partial charge in [-0.3, -0.25) is 5.32 Å². The Morgan fingerprint density at radius 1 is 1.58 bits per heavy atom. The second kappa shape index (κ2) is 3.75. The molecular formula is C10H21NO. The summed E-state index contributed by atoms with van der Waals surface area (Å²) in [5.74, 6) is 0.767. The van der Waals surface area contributed by atoms with E-state index in [1.807, 2.05) is 0 Å². The van der Waals surface area contributed by atoms with Crippen LogP contribution in [0.25, 0.3) is 0 Å². The Morgan fingerprint density at radius 2 is 2.25 bits per heavy atom. The number of ether oxygens (including phenoxy) is 1. The quantitative estimate of drug-likeness (QED) is 0.702. The van der Waals surface area contributed by atoms with Gasteiger partial charge < -0.3 is 4.74 Å². The number of rotatable bonds is 3. The van der Waals surface area contributed by atoms with Crippen molar-refractivity contribution in [1.82, 2.24) is 5.32 Å². The van der Waals surface area contributed by atoms with Crippen LogP contribution in [0.2, 0.25) is 0 Å². The van der Waals surface area contributed by atoms with Crippen LogP contribution < -0.4 is 5.32 Å². The normalized spacial score (nSPS) is 36.2. The van der Waals surface area contributed by atoms with Crippen molar-refractivity contribution in [2.45, 2.75) is 52.3 Å². The van der Waals surface area contributed by atoms with Gasteiger partial charge in [0.2, 0.25) is 0 Å². The first-order valence-electron chi connectivity index (χ1n) is 4.93. The van der Waals surface area contributed by atoms with Gasteiger partial charge in [0.1, 0.15) is 5.72 Å².